The standard InChI is InChI=1S/C13H20BrNO2S/c1-15-10-12(6-7-18(2,16)17)8-11-4-3-5-13(14)9-11/h3-5,9,12,15H,6-8,10H2,1-2H3. The Morgan fingerprint density at radius 2 is 2.11 bits per heavy atom. The SMILES string of the molecule is CNCC(CCS(C)(=O)=O)Cc1cccc(Br)c1. The molecule has 1 N–H and O–H groups in total. The first-order valence-corrected chi connectivity index (χ1v) is 8.83. The van der Waals surface area contributed by atoms with E-state index in [9.17, 15) is 8.42 Å². The number of rotatable bonds is 7. The Bertz CT molecular complexity index is 474. The van der Waals surface area contributed by atoms with Crippen LogP contribution in [0.25, 0.3) is 0 Å². The Morgan fingerprint density at radius 1 is 1.39 bits per heavy atom. The monoisotopic (exact) mass is 333 g/mol. The van der Waals surface area contributed by atoms with Gasteiger partial charge in [-0.05, 0) is 50.0 Å². The summed E-state index contributed by atoms with van der Waals surface area (Å²) in [5.74, 6) is 0.604. The summed E-state index contributed by atoms with van der Waals surface area (Å²) in [6, 6.07) is 8.16. The summed E-state index contributed by atoms with van der Waals surface area (Å²) >= 11 is 3.45. The van der Waals surface area contributed by atoms with Gasteiger partial charge >= 0.3 is 0 Å². The Morgan fingerprint density at radius 3 is 2.67 bits per heavy atom. The topological polar surface area (TPSA) is 46.2 Å². The van der Waals surface area contributed by atoms with Crippen molar-refractivity contribution in [2.45, 2.75) is 12.8 Å². The third-order valence-electron chi connectivity index (χ3n) is 2.80. The zero-order valence-corrected chi connectivity index (χ0v) is 13.2. The lowest BCUT2D eigenvalue weighted by molar-refractivity contribution is 0.478. The lowest BCUT2D eigenvalue weighted by Gasteiger charge is -2.16. The van der Waals surface area contributed by atoms with Gasteiger partial charge in [-0.2, -0.15) is 0 Å². The first-order valence-electron chi connectivity index (χ1n) is 5.97. The Labute approximate surface area is 118 Å². The molecule has 0 aliphatic heterocycles. The molecule has 1 atom stereocenters. The maximum Gasteiger partial charge on any atom is 0.147 e. The number of nitrogens with one attached hydrogen (secondary N) is 1. The molecular formula is C13H20BrNO2S. The van der Waals surface area contributed by atoms with Gasteiger partial charge in [0.2, 0.25) is 0 Å². The fourth-order valence-electron chi connectivity index (χ4n) is 1.94. The van der Waals surface area contributed by atoms with Crippen LogP contribution in [0.2, 0.25) is 0 Å². The number of sulfone groups is 1. The second-order valence-electron chi connectivity index (χ2n) is 4.68. The fourth-order valence-corrected chi connectivity index (χ4v) is 3.15. The molecule has 0 saturated carbocycles. The number of benzene rings is 1. The molecule has 18 heavy (non-hydrogen) atoms. The van der Waals surface area contributed by atoms with Gasteiger partial charge < -0.3 is 5.32 Å². The first kappa shape index (κ1) is 15.7. The summed E-state index contributed by atoms with van der Waals surface area (Å²) in [4.78, 5) is 0. The van der Waals surface area contributed by atoms with Gasteiger partial charge in [0.25, 0.3) is 0 Å². The molecule has 0 amide bonds. The van der Waals surface area contributed by atoms with E-state index in [1.54, 1.807) is 0 Å². The minimum Gasteiger partial charge on any atom is -0.319 e. The highest BCUT2D eigenvalue weighted by molar-refractivity contribution is 9.10. The van der Waals surface area contributed by atoms with Crippen molar-refractivity contribution >= 4 is 25.8 Å². The van der Waals surface area contributed by atoms with Crippen LogP contribution < -0.4 is 5.32 Å². The van der Waals surface area contributed by atoms with E-state index in [0.29, 0.717) is 12.3 Å². The third kappa shape index (κ3) is 6.52. The molecule has 0 aliphatic carbocycles. The average Bonchev–Trinajstić information content (AvgIpc) is 2.25. The van der Waals surface area contributed by atoms with E-state index in [1.807, 2.05) is 19.2 Å². The molecule has 3 nitrogen and oxygen atoms in total. The van der Waals surface area contributed by atoms with Crippen LogP contribution in [0.1, 0.15) is 12.0 Å². The minimum atomic E-state index is -2.87. The molecule has 0 aromatic heterocycles. The van der Waals surface area contributed by atoms with Crippen LogP contribution in [0.3, 0.4) is 0 Å². The van der Waals surface area contributed by atoms with E-state index >= 15 is 0 Å². The van der Waals surface area contributed by atoms with E-state index in [1.165, 1.54) is 11.8 Å². The van der Waals surface area contributed by atoms with E-state index in [4.69, 9.17) is 0 Å². The highest BCUT2D eigenvalue weighted by Crippen LogP contribution is 2.17. The van der Waals surface area contributed by atoms with Gasteiger partial charge in [-0.25, -0.2) is 8.42 Å². The molecule has 0 heterocycles. The molecule has 0 fully saturated rings. The van der Waals surface area contributed by atoms with Crippen molar-refractivity contribution in [1.82, 2.24) is 5.32 Å². The molecular weight excluding hydrogens is 314 g/mol. The normalized spacial score (nSPS) is 13.5. The van der Waals surface area contributed by atoms with Gasteiger partial charge in [-0.15, -0.1) is 0 Å². The van der Waals surface area contributed by atoms with Crippen molar-refractivity contribution in [1.29, 1.82) is 0 Å². The summed E-state index contributed by atoms with van der Waals surface area (Å²) < 4.78 is 23.5. The van der Waals surface area contributed by atoms with Crippen LogP contribution in [-0.2, 0) is 16.3 Å². The Hall–Kier alpha value is -0.390. The van der Waals surface area contributed by atoms with Crippen LogP contribution in [0.5, 0.6) is 0 Å². The van der Waals surface area contributed by atoms with Gasteiger partial charge in [-0.1, -0.05) is 28.1 Å². The summed E-state index contributed by atoms with van der Waals surface area (Å²) in [6.07, 6.45) is 2.89. The molecule has 0 bridgehead atoms. The molecule has 0 spiro atoms. The lowest BCUT2D eigenvalue weighted by atomic mass is 9.97. The van der Waals surface area contributed by atoms with Gasteiger partial charge in [-0.3, -0.25) is 0 Å². The maximum atomic E-state index is 11.2. The zero-order valence-electron chi connectivity index (χ0n) is 10.8. The van der Waals surface area contributed by atoms with E-state index < -0.39 is 9.84 Å². The summed E-state index contributed by atoms with van der Waals surface area (Å²) in [6.45, 7) is 0.835. The molecule has 0 radical (unpaired) electrons. The second kappa shape index (κ2) is 7.26. The van der Waals surface area contributed by atoms with E-state index in [-0.39, 0.29) is 5.75 Å². The number of halogens is 1. The quantitative estimate of drug-likeness (QED) is 0.832. The summed E-state index contributed by atoms with van der Waals surface area (Å²) in [7, 11) is -0.978. The zero-order chi connectivity index (χ0) is 13.6. The van der Waals surface area contributed by atoms with Gasteiger partial charge in [0.05, 0.1) is 5.75 Å². The van der Waals surface area contributed by atoms with Crippen LogP contribution in [0.15, 0.2) is 28.7 Å². The second-order valence-corrected chi connectivity index (χ2v) is 7.85. The molecule has 0 aliphatic rings. The number of hydrogen-bond donors (Lipinski definition) is 1. The van der Waals surface area contributed by atoms with Crippen LogP contribution in [-0.4, -0.2) is 34.0 Å². The van der Waals surface area contributed by atoms with Crippen molar-refractivity contribution in [2.75, 3.05) is 25.6 Å². The van der Waals surface area contributed by atoms with Gasteiger partial charge in [0.15, 0.2) is 0 Å². The minimum absolute atomic E-state index is 0.257. The predicted octanol–water partition coefficient (Wildman–Crippen LogP) is 2.26. The Kier molecular flexibility index (Phi) is 6.32. The van der Waals surface area contributed by atoms with E-state index in [0.717, 1.165) is 17.4 Å². The van der Waals surface area contributed by atoms with Crippen molar-refractivity contribution in [2.24, 2.45) is 5.92 Å². The molecule has 5 heteroatoms. The summed E-state index contributed by atoms with van der Waals surface area (Å²) in [5.41, 5.74) is 1.23. The maximum absolute atomic E-state index is 11.2. The van der Waals surface area contributed by atoms with Crippen molar-refractivity contribution < 1.29 is 8.42 Å². The van der Waals surface area contributed by atoms with Crippen LogP contribution >= 0.6 is 15.9 Å². The smallest absolute Gasteiger partial charge is 0.147 e. The molecule has 1 rings (SSSR count). The average molecular weight is 334 g/mol. The molecule has 1 aromatic rings. The highest BCUT2D eigenvalue weighted by atomic mass is 79.9. The first-order chi connectivity index (χ1) is 8.40. The molecule has 102 valence electrons. The van der Waals surface area contributed by atoms with E-state index in [2.05, 4.69) is 33.4 Å². The van der Waals surface area contributed by atoms with Crippen LogP contribution in [0, 0.1) is 5.92 Å². The summed E-state index contributed by atoms with van der Waals surface area (Å²) in [5, 5.41) is 3.13. The van der Waals surface area contributed by atoms with Crippen molar-refractivity contribution in [3.8, 4) is 0 Å². The van der Waals surface area contributed by atoms with Crippen molar-refractivity contribution in [3.63, 3.8) is 0 Å². The third-order valence-corrected chi connectivity index (χ3v) is 4.27. The molecule has 0 saturated heterocycles. The number of hydrogen-bond acceptors (Lipinski definition) is 3. The van der Waals surface area contributed by atoms with Crippen molar-refractivity contribution in [3.05, 3.63) is 34.3 Å². The van der Waals surface area contributed by atoms with Crippen LogP contribution in [0.4, 0.5) is 0 Å². The van der Waals surface area contributed by atoms with Gasteiger partial charge in [0.1, 0.15) is 9.84 Å². The largest absolute Gasteiger partial charge is 0.319 e. The van der Waals surface area contributed by atoms with Gasteiger partial charge in [0, 0.05) is 10.7 Å². The highest BCUT2D eigenvalue weighted by Gasteiger charge is 2.12. The molecule has 1 aromatic carbocycles. The predicted molar refractivity (Wildman–Crippen MR) is 79.6 cm³/mol. The lowest BCUT2D eigenvalue weighted by Crippen LogP contribution is -2.23. The Balaban J connectivity index is 2.62. The molecule has 1 unspecified atom stereocenters. The fraction of sp³-hybridized carbons (Fsp3) is 0.538.